The molecule has 6 heteroatoms. The molecule has 4 aromatic carbocycles. The molecule has 0 fully saturated rings. The number of ether oxygens (including phenoxy) is 1. The van der Waals surface area contributed by atoms with Gasteiger partial charge in [0.2, 0.25) is 0 Å². The van der Waals surface area contributed by atoms with Gasteiger partial charge in [-0.05, 0) is 116 Å². The van der Waals surface area contributed by atoms with Gasteiger partial charge in [0.25, 0.3) is 0 Å². The summed E-state index contributed by atoms with van der Waals surface area (Å²) in [5.74, 6) is 0.0434. The van der Waals surface area contributed by atoms with E-state index >= 15 is 0 Å². The summed E-state index contributed by atoms with van der Waals surface area (Å²) >= 11 is 0. The molecule has 1 aliphatic carbocycles. The zero-order valence-electron chi connectivity index (χ0n) is 26.8. The number of fused-ring (bicyclic) bond motifs is 1. The van der Waals surface area contributed by atoms with Crippen LogP contribution in [0, 0.1) is 5.41 Å². The van der Waals surface area contributed by atoms with Crippen molar-refractivity contribution in [1.82, 2.24) is 4.90 Å². The lowest BCUT2D eigenvalue weighted by atomic mass is 9.85. The summed E-state index contributed by atoms with van der Waals surface area (Å²) in [6.07, 6.45) is 8.58. The fraction of sp³-hybridized carbons (Fsp3) is 0.350. The Balaban J connectivity index is 1.23. The van der Waals surface area contributed by atoms with Crippen LogP contribution in [0.1, 0.15) is 81.9 Å². The molecule has 0 spiro atoms. The van der Waals surface area contributed by atoms with Crippen LogP contribution in [0.25, 0.3) is 0 Å². The number of hydrogen-bond acceptors (Lipinski definition) is 5. The molecule has 46 heavy (non-hydrogen) atoms. The first kappa shape index (κ1) is 33.1. The van der Waals surface area contributed by atoms with Crippen molar-refractivity contribution in [2.24, 2.45) is 5.73 Å². The number of benzene rings is 4. The number of unbranched alkanes of at least 4 members (excludes halogenated alkanes) is 1. The second kappa shape index (κ2) is 16.9. The zero-order valence-corrected chi connectivity index (χ0v) is 26.8. The van der Waals surface area contributed by atoms with E-state index < -0.39 is 5.97 Å². The van der Waals surface area contributed by atoms with E-state index in [-0.39, 0.29) is 6.04 Å². The van der Waals surface area contributed by atoms with E-state index in [0.29, 0.717) is 24.4 Å². The Labute approximate surface area is 273 Å². The second-order valence-electron chi connectivity index (χ2n) is 12.4. The maximum absolute atomic E-state index is 11.6. The number of para-hydroxylation sites is 1. The average molecular weight is 618 g/mol. The molecule has 1 aliphatic rings. The van der Waals surface area contributed by atoms with Crippen LogP contribution in [0.2, 0.25) is 0 Å². The van der Waals surface area contributed by atoms with Crippen LogP contribution in [0.5, 0.6) is 5.75 Å². The molecule has 4 aromatic rings. The van der Waals surface area contributed by atoms with Gasteiger partial charge in [0.1, 0.15) is 12.4 Å². The van der Waals surface area contributed by atoms with Gasteiger partial charge >= 0.3 is 5.97 Å². The van der Waals surface area contributed by atoms with E-state index in [1.165, 1.54) is 22.3 Å². The number of carboxylic acid groups (broad SMARTS) is 1. The minimum Gasteiger partial charge on any atom is -0.489 e. The normalized spacial score (nSPS) is 14.2. The third kappa shape index (κ3) is 9.38. The van der Waals surface area contributed by atoms with Crippen molar-refractivity contribution in [2.45, 2.75) is 70.4 Å². The number of carboxylic acids is 1. The summed E-state index contributed by atoms with van der Waals surface area (Å²) in [4.78, 5) is 14.2. The number of rotatable bonds is 17. The number of carbonyl (C=O) groups is 1. The molecule has 4 N–H and O–H groups in total. The van der Waals surface area contributed by atoms with E-state index in [1.807, 2.05) is 18.2 Å². The summed E-state index contributed by atoms with van der Waals surface area (Å²) in [6.45, 7) is 2.63. The van der Waals surface area contributed by atoms with Gasteiger partial charge in [-0.15, -0.1) is 0 Å². The monoisotopic (exact) mass is 617 g/mol. The van der Waals surface area contributed by atoms with Gasteiger partial charge in [-0.3, -0.25) is 4.90 Å². The van der Waals surface area contributed by atoms with Crippen LogP contribution in [-0.4, -0.2) is 41.3 Å². The van der Waals surface area contributed by atoms with Crippen molar-refractivity contribution in [3.63, 3.8) is 0 Å². The zero-order chi connectivity index (χ0) is 32.1. The molecular weight excluding hydrogens is 570 g/mol. The predicted molar refractivity (Wildman–Crippen MR) is 186 cm³/mol. The maximum atomic E-state index is 11.6. The molecule has 0 aromatic heterocycles. The molecule has 240 valence electrons. The largest absolute Gasteiger partial charge is 0.489 e. The summed E-state index contributed by atoms with van der Waals surface area (Å²) in [7, 11) is 0. The van der Waals surface area contributed by atoms with Gasteiger partial charge in [-0.2, -0.15) is 0 Å². The van der Waals surface area contributed by atoms with Gasteiger partial charge < -0.3 is 21.0 Å². The second-order valence-corrected chi connectivity index (χ2v) is 12.4. The Kier molecular flexibility index (Phi) is 12.2. The van der Waals surface area contributed by atoms with Crippen molar-refractivity contribution in [2.75, 3.05) is 19.6 Å². The number of nitrogens with two attached hydrogens (primary N) is 1. The van der Waals surface area contributed by atoms with Gasteiger partial charge in [0, 0.05) is 24.8 Å². The number of nitrogens with zero attached hydrogens (tertiary/aromatic N) is 1. The molecule has 0 bridgehead atoms. The highest BCUT2D eigenvalue weighted by atomic mass is 16.5. The molecule has 1 unspecified atom stereocenters. The van der Waals surface area contributed by atoms with Crippen LogP contribution in [0.15, 0.2) is 97.1 Å². The number of aromatic carboxylic acids is 1. The first-order chi connectivity index (χ1) is 22.5. The van der Waals surface area contributed by atoms with Gasteiger partial charge in [0.05, 0.1) is 5.56 Å². The van der Waals surface area contributed by atoms with Crippen LogP contribution < -0.4 is 10.5 Å². The Morgan fingerprint density at radius 1 is 0.848 bits per heavy atom. The Morgan fingerprint density at radius 2 is 1.57 bits per heavy atom. The smallest absolute Gasteiger partial charge is 0.335 e. The SMILES string of the molecule is N=C(CN)CCCCN(CCc1ccccc1OCc1ccc(CCc2ccccc2)cc1)C1CCCc2cc(C(=O)O)ccc21. The van der Waals surface area contributed by atoms with Crippen molar-refractivity contribution in [3.05, 3.63) is 136 Å². The molecule has 0 aliphatic heterocycles. The number of hydrogen-bond donors (Lipinski definition) is 3. The lowest BCUT2D eigenvalue weighted by molar-refractivity contribution is 0.0696. The summed E-state index contributed by atoms with van der Waals surface area (Å²) in [5, 5.41) is 17.5. The molecule has 1 atom stereocenters. The van der Waals surface area contributed by atoms with Crippen LogP contribution in [-0.2, 0) is 32.3 Å². The van der Waals surface area contributed by atoms with Crippen molar-refractivity contribution in [1.29, 1.82) is 5.41 Å². The van der Waals surface area contributed by atoms with E-state index in [1.54, 1.807) is 6.07 Å². The molecule has 6 nitrogen and oxygen atoms in total. The van der Waals surface area contributed by atoms with Crippen molar-refractivity contribution >= 4 is 11.7 Å². The minimum absolute atomic E-state index is 0.244. The summed E-state index contributed by atoms with van der Waals surface area (Å²) in [6, 6.07) is 33.6. The lowest BCUT2D eigenvalue weighted by Gasteiger charge is -2.36. The Bertz CT molecular complexity index is 1570. The molecule has 0 amide bonds. The van der Waals surface area contributed by atoms with E-state index in [2.05, 4.69) is 77.7 Å². The average Bonchev–Trinajstić information content (AvgIpc) is 3.10. The standard InChI is InChI=1S/C40H47N3O3/c41-28-36(42)13-6-7-25-43(38-14-8-12-34-27-35(40(44)45)22-23-37(34)38)26-24-33-11-4-5-15-39(33)46-29-32-20-18-31(19-21-32)17-16-30-9-2-1-3-10-30/h1-5,9-11,15,18-23,27,38,42H,6-8,12-14,16-17,24-26,28-29,41H2,(H,44,45). The number of nitrogens with one attached hydrogen (secondary N) is 1. The fourth-order valence-electron chi connectivity index (χ4n) is 6.49. The molecule has 5 rings (SSSR count). The van der Waals surface area contributed by atoms with E-state index in [9.17, 15) is 9.90 Å². The molecule has 0 radical (unpaired) electrons. The van der Waals surface area contributed by atoms with Crippen LogP contribution in [0.3, 0.4) is 0 Å². The van der Waals surface area contributed by atoms with Crippen molar-refractivity contribution in [3.8, 4) is 5.75 Å². The van der Waals surface area contributed by atoms with Gasteiger partial charge in [-0.1, -0.05) is 78.9 Å². The fourth-order valence-corrected chi connectivity index (χ4v) is 6.49. The lowest BCUT2D eigenvalue weighted by Crippen LogP contribution is -2.34. The van der Waals surface area contributed by atoms with Crippen LogP contribution >= 0.6 is 0 Å². The highest BCUT2D eigenvalue weighted by Crippen LogP contribution is 2.35. The quantitative estimate of drug-likeness (QED) is 0.0829. The summed E-state index contributed by atoms with van der Waals surface area (Å²) in [5.41, 5.74) is 14.1. The summed E-state index contributed by atoms with van der Waals surface area (Å²) < 4.78 is 6.39. The molecule has 0 saturated heterocycles. The maximum Gasteiger partial charge on any atom is 0.335 e. The highest BCUT2D eigenvalue weighted by molar-refractivity contribution is 5.88. The van der Waals surface area contributed by atoms with Crippen LogP contribution in [0.4, 0.5) is 0 Å². The Morgan fingerprint density at radius 3 is 2.33 bits per heavy atom. The minimum atomic E-state index is -0.875. The topological polar surface area (TPSA) is 99.6 Å². The Hall–Kier alpha value is -4.26. The predicted octanol–water partition coefficient (Wildman–Crippen LogP) is 7.82. The van der Waals surface area contributed by atoms with Gasteiger partial charge in [-0.25, -0.2) is 4.79 Å². The third-order valence-corrected chi connectivity index (χ3v) is 9.14. The molecule has 0 heterocycles. The molecular formula is C40H47N3O3. The van der Waals surface area contributed by atoms with Crippen molar-refractivity contribution < 1.29 is 14.6 Å². The molecule has 0 saturated carbocycles. The number of aryl methyl sites for hydroxylation is 3. The first-order valence-electron chi connectivity index (χ1n) is 16.7. The van der Waals surface area contributed by atoms with E-state index in [0.717, 1.165) is 87.8 Å². The first-order valence-corrected chi connectivity index (χ1v) is 16.7. The van der Waals surface area contributed by atoms with E-state index in [4.69, 9.17) is 15.9 Å². The highest BCUT2D eigenvalue weighted by Gasteiger charge is 2.26. The van der Waals surface area contributed by atoms with Gasteiger partial charge in [0.15, 0.2) is 0 Å². The third-order valence-electron chi connectivity index (χ3n) is 9.14.